The van der Waals surface area contributed by atoms with Crippen LogP contribution in [0.15, 0.2) is 18.2 Å². The fraction of sp³-hybridized carbons (Fsp3) is 0.417. The normalized spacial score (nSPS) is 10.7. The summed E-state index contributed by atoms with van der Waals surface area (Å²) < 4.78 is 5.24. The first kappa shape index (κ1) is 12.2. The average Bonchev–Trinajstić information content (AvgIpc) is 2.18. The first-order valence-electron chi connectivity index (χ1n) is 4.92. The molecule has 0 saturated carbocycles. The average molecular weight is 227 g/mol. The lowest BCUT2D eigenvalue weighted by molar-refractivity contribution is 0.0585. The maximum absolute atomic E-state index is 11.7. The van der Waals surface area contributed by atoms with E-state index in [1.807, 2.05) is 32.9 Å². The van der Waals surface area contributed by atoms with Crippen molar-refractivity contribution in [2.45, 2.75) is 26.9 Å². The first-order chi connectivity index (χ1) is 7.02. The van der Waals surface area contributed by atoms with E-state index in [0.717, 1.165) is 5.56 Å². The summed E-state index contributed by atoms with van der Waals surface area (Å²) in [6, 6.07) is 5.42. The van der Waals surface area contributed by atoms with Crippen molar-refractivity contribution in [1.29, 1.82) is 0 Å². The molecule has 3 heteroatoms. The van der Waals surface area contributed by atoms with Crippen LogP contribution in [0.3, 0.4) is 0 Å². The minimum absolute atomic E-state index is 0.0533. The Morgan fingerprint density at radius 3 is 2.73 bits per heavy atom. The molecule has 1 rings (SSSR count). The Morgan fingerprint density at radius 2 is 2.13 bits per heavy atom. The molecule has 0 aliphatic rings. The van der Waals surface area contributed by atoms with Crippen molar-refractivity contribution in [1.82, 2.24) is 0 Å². The number of carbonyl (C=O) groups is 1. The number of halogens is 1. The fourth-order valence-electron chi connectivity index (χ4n) is 1.18. The molecule has 0 fully saturated rings. The van der Waals surface area contributed by atoms with Crippen LogP contribution in [-0.2, 0) is 4.74 Å². The van der Waals surface area contributed by atoms with Crippen LogP contribution in [0.1, 0.15) is 29.8 Å². The Hall–Kier alpha value is -0.860. The number of hydrogen-bond acceptors (Lipinski definition) is 2. The van der Waals surface area contributed by atoms with Crippen molar-refractivity contribution >= 4 is 17.4 Å². The highest BCUT2D eigenvalue weighted by Gasteiger charge is 2.12. The zero-order valence-corrected chi connectivity index (χ0v) is 9.97. The SMILES string of the molecule is Cc1cccc(C(=O)COC(C)C)c1Cl. The Balaban J connectivity index is 2.78. The van der Waals surface area contributed by atoms with Gasteiger partial charge in [0.05, 0.1) is 11.1 Å². The molecule has 0 N–H and O–H groups in total. The predicted molar refractivity (Wildman–Crippen MR) is 61.6 cm³/mol. The highest BCUT2D eigenvalue weighted by Crippen LogP contribution is 2.20. The molecule has 0 spiro atoms. The molecule has 1 aromatic rings. The number of rotatable bonds is 4. The summed E-state index contributed by atoms with van der Waals surface area (Å²) in [4.78, 5) is 11.7. The van der Waals surface area contributed by atoms with Crippen LogP contribution in [0.4, 0.5) is 0 Å². The van der Waals surface area contributed by atoms with Crippen LogP contribution in [0.5, 0.6) is 0 Å². The van der Waals surface area contributed by atoms with Crippen molar-refractivity contribution in [2.24, 2.45) is 0 Å². The second-order valence-electron chi connectivity index (χ2n) is 3.72. The zero-order valence-electron chi connectivity index (χ0n) is 9.21. The van der Waals surface area contributed by atoms with Crippen molar-refractivity contribution < 1.29 is 9.53 Å². The van der Waals surface area contributed by atoms with Gasteiger partial charge in [-0.05, 0) is 32.4 Å². The molecule has 0 bridgehead atoms. The second kappa shape index (κ2) is 5.29. The lowest BCUT2D eigenvalue weighted by Gasteiger charge is -2.08. The quantitative estimate of drug-likeness (QED) is 0.737. The largest absolute Gasteiger partial charge is 0.371 e. The minimum Gasteiger partial charge on any atom is -0.371 e. The molecule has 0 unspecified atom stereocenters. The Bertz CT molecular complexity index is 359. The van der Waals surface area contributed by atoms with Gasteiger partial charge in [0.25, 0.3) is 0 Å². The van der Waals surface area contributed by atoms with Crippen molar-refractivity contribution in [3.05, 3.63) is 34.3 Å². The summed E-state index contributed by atoms with van der Waals surface area (Å²) in [5.74, 6) is -0.0719. The number of ether oxygens (including phenoxy) is 1. The molecular weight excluding hydrogens is 212 g/mol. The Kier molecular flexibility index (Phi) is 4.30. The van der Waals surface area contributed by atoms with Gasteiger partial charge >= 0.3 is 0 Å². The molecule has 0 amide bonds. The van der Waals surface area contributed by atoms with Crippen molar-refractivity contribution in [3.8, 4) is 0 Å². The van der Waals surface area contributed by atoms with Crippen LogP contribution in [0.25, 0.3) is 0 Å². The van der Waals surface area contributed by atoms with E-state index in [1.54, 1.807) is 6.07 Å². The smallest absolute Gasteiger partial charge is 0.189 e. The second-order valence-corrected chi connectivity index (χ2v) is 4.10. The third-order valence-electron chi connectivity index (χ3n) is 2.04. The molecule has 0 aliphatic carbocycles. The van der Waals surface area contributed by atoms with Gasteiger partial charge in [0.1, 0.15) is 6.61 Å². The molecule has 0 saturated heterocycles. The monoisotopic (exact) mass is 226 g/mol. The highest BCUT2D eigenvalue weighted by atomic mass is 35.5. The van der Waals surface area contributed by atoms with E-state index in [-0.39, 0.29) is 18.5 Å². The maximum atomic E-state index is 11.7. The molecule has 2 nitrogen and oxygen atoms in total. The van der Waals surface area contributed by atoms with Crippen LogP contribution in [0.2, 0.25) is 5.02 Å². The molecular formula is C12H15ClO2. The Morgan fingerprint density at radius 1 is 1.47 bits per heavy atom. The van der Waals surface area contributed by atoms with Gasteiger partial charge in [-0.2, -0.15) is 0 Å². The molecule has 0 heterocycles. The van der Waals surface area contributed by atoms with Gasteiger partial charge in [0.15, 0.2) is 5.78 Å². The van der Waals surface area contributed by atoms with E-state index >= 15 is 0 Å². The van der Waals surface area contributed by atoms with Gasteiger partial charge in [-0.25, -0.2) is 0 Å². The zero-order chi connectivity index (χ0) is 11.4. The van der Waals surface area contributed by atoms with E-state index in [0.29, 0.717) is 10.6 Å². The van der Waals surface area contributed by atoms with Crippen LogP contribution < -0.4 is 0 Å². The van der Waals surface area contributed by atoms with Crippen molar-refractivity contribution in [3.63, 3.8) is 0 Å². The van der Waals surface area contributed by atoms with Gasteiger partial charge in [0.2, 0.25) is 0 Å². The third kappa shape index (κ3) is 3.33. The van der Waals surface area contributed by atoms with E-state index in [2.05, 4.69) is 0 Å². The number of ketones is 1. The summed E-state index contributed by atoms with van der Waals surface area (Å²) in [5.41, 5.74) is 1.45. The topological polar surface area (TPSA) is 26.3 Å². The predicted octanol–water partition coefficient (Wildman–Crippen LogP) is 3.26. The minimum atomic E-state index is -0.0719. The maximum Gasteiger partial charge on any atom is 0.189 e. The first-order valence-corrected chi connectivity index (χ1v) is 5.30. The van der Waals surface area contributed by atoms with Gasteiger partial charge in [-0.15, -0.1) is 0 Å². The van der Waals surface area contributed by atoms with Crippen molar-refractivity contribution in [2.75, 3.05) is 6.61 Å². The fourth-order valence-corrected chi connectivity index (χ4v) is 1.41. The summed E-state index contributed by atoms with van der Waals surface area (Å²) in [6.07, 6.45) is 0.0533. The van der Waals surface area contributed by atoms with E-state index in [4.69, 9.17) is 16.3 Å². The summed E-state index contributed by atoms with van der Waals surface area (Å²) in [7, 11) is 0. The lowest BCUT2D eigenvalue weighted by atomic mass is 10.1. The number of benzene rings is 1. The molecule has 1 aromatic carbocycles. The van der Waals surface area contributed by atoms with Crippen LogP contribution in [-0.4, -0.2) is 18.5 Å². The molecule has 82 valence electrons. The van der Waals surface area contributed by atoms with Gasteiger partial charge in [-0.1, -0.05) is 23.7 Å². The van der Waals surface area contributed by atoms with Crippen LogP contribution in [0, 0.1) is 6.92 Å². The standard InChI is InChI=1S/C12H15ClO2/c1-8(2)15-7-11(14)10-6-4-5-9(3)12(10)13/h4-6,8H,7H2,1-3H3. The summed E-state index contributed by atoms with van der Waals surface area (Å²) in [5, 5.41) is 0.523. The molecule has 15 heavy (non-hydrogen) atoms. The Labute approximate surface area is 95.2 Å². The number of aryl methyl sites for hydroxylation is 1. The van der Waals surface area contributed by atoms with E-state index in [9.17, 15) is 4.79 Å². The lowest BCUT2D eigenvalue weighted by Crippen LogP contribution is -2.14. The van der Waals surface area contributed by atoms with Gasteiger partial charge < -0.3 is 4.74 Å². The molecule has 0 aromatic heterocycles. The summed E-state index contributed by atoms with van der Waals surface area (Å²) in [6.45, 7) is 5.75. The molecule has 0 atom stereocenters. The summed E-state index contributed by atoms with van der Waals surface area (Å²) >= 11 is 6.03. The molecule has 0 aliphatic heterocycles. The van der Waals surface area contributed by atoms with Gasteiger partial charge in [-0.3, -0.25) is 4.79 Å². The van der Waals surface area contributed by atoms with Crippen LogP contribution >= 0.6 is 11.6 Å². The molecule has 0 radical (unpaired) electrons. The van der Waals surface area contributed by atoms with E-state index < -0.39 is 0 Å². The van der Waals surface area contributed by atoms with E-state index in [1.165, 1.54) is 0 Å². The number of carbonyl (C=O) groups excluding carboxylic acids is 1. The highest BCUT2D eigenvalue weighted by molar-refractivity contribution is 6.34. The number of hydrogen-bond donors (Lipinski definition) is 0. The van der Waals surface area contributed by atoms with Gasteiger partial charge in [0, 0.05) is 5.56 Å². The number of Topliss-reactive ketones (excluding diaryl/α,β-unsaturated/α-hetero) is 1. The third-order valence-corrected chi connectivity index (χ3v) is 2.54.